The fraction of sp³-hybridized carbons (Fsp3) is 0.385. The van der Waals surface area contributed by atoms with Gasteiger partial charge in [-0.25, -0.2) is 9.18 Å². The number of carboxylic acids is 1. The maximum absolute atomic E-state index is 13.6. The first-order valence-electron chi connectivity index (χ1n) is 5.62. The molecule has 1 aromatic carbocycles. The molecule has 0 spiro atoms. The summed E-state index contributed by atoms with van der Waals surface area (Å²) in [5.74, 6) is -2.61. The molecule has 2 N–H and O–H groups in total. The standard InChI is InChI=1S/C13H16FNO3/c1-4-13(2,3)15-11(16)9-6-5-8(12(17)18)7-10(9)14/h5-7H,4H2,1-3H3,(H,15,16)(H,17,18). The third kappa shape index (κ3) is 3.29. The van der Waals surface area contributed by atoms with Crippen molar-refractivity contribution in [2.75, 3.05) is 0 Å². The molecule has 0 aliphatic rings. The Labute approximate surface area is 105 Å². The molecular formula is C13H16FNO3. The number of hydrogen-bond donors (Lipinski definition) is 2. The molecule has 0 heterocycles. The molecule has 0 unspecified atom stereocenters. The third-order valence-electron chi connectivity index (χ3n) is 2.80. The fourth-order valence-corrected chi connectivity index (χ4v) is 1.30. The Morgan fingerprint density at radius 3 is 2.44 bits per heavy atom. The van der Waals surface area contributed by atoms with Crippen molar-refractivity contribution in [3.8, 4) is 0 Å². The summed E-state index contributed by atoms with van der Waals surface area (Å²) in [4.78, 5) is 22.5. The molecule has 5 heteroatoms. The van der Waals surface area contributed by atoms with Crippen molar-refractivity contribution < 1.29 is 19.1 Å². The molecule has 0 aliphatic carbocycles. The largest absolute Gasteiger partial charge is 0.478 e. The second-order valence-electron chi connectivity index (χ2n) is 4.69. The number of benzene rings is 1. The van der Waals surface area contributed by atoms with E-state index in [1.54, 1.807) is 0 Å². The van der Waals surface area contributed by atoms with Crippen LogP contribution in [0.15, 0.2) is 18.2 Å². The normalized spacial score (nSPS) is 11.1. The van der Waals surface area contributed by atoms with E-state index in [1.165, 1.54) is 12.1 Å². The van der Waals surface area contributed by atoms with Crippen molar-refractivity contribution in [3.05, 3.63) is 35.1 Å². The molecule has 0 aliphatic heterocycles. The number of nitrogens with one attached hydrogen (secondary N) is 1. The van der Waals surface area contributed by atoms with Crippen LogP contribution in [0.2, 0.25) is 0 Å². The number of amides is 1. The molecule has 0 radical (unpaired) electrons. The zero-order chi connectivity index (χ0) is 13.9. The number of carboxylic acid groups (broad SMARTS) is 1. The lowest BCUT2D eigenvalue weighted by Gasteiger charge is -2.24. The van der Waals surface area contributed by atoms with E-state index in [9.17, 15) is 14.0 Å². The Kier molecular flexibility index (Phi) is 4.06. The van der Waals surface area contributed by atoms with Crippen LogP contribution in [0.4, 0.5) is 4.39 Å². The first kappa shape index (κ1) is 14.2. The van der Waals surface area contributed by atoms with Crippen LogP contribution in [0, 0.1) is 5.82 Å². The Bertz CT molecular complexity index is 483. The maximum Gasteiger partial charge on any atom is 0.335 e. The minimum absolute atomic E-state index is 0.151. The lowest BCUT2D eigenvalue weighted by atomic mass is 10.0. The van der Waals surface area contributed by atoms with Crippen LogP contribution in [0.5, 0.6) is 0 Å². The molecule has 0 fully saturated rings. The second kappa shape index (κ2) is 5.16. The number of rotatable bonds is 4. The van der Waals surface area contributed by atoms with Gasteiger partial charge in [0.1, 0.15) is 5.82 Å². The summed E-state index contributed by atoms with van der Waals surface area (Å²) in [7, 11) is 0. The van der Waals surface area contributed by atoms with Gasteiger partial charge >= 0.3 is 5.97 Å². The van der Waals surface area contributed by atoms with E-state index in [-0.39, 0.29) is 11.1 Å². The van der Waals surface area contributed by atoms with Crippen LogP contribution >= 0.6 is 0 Å². The zero-order valence-corrected chi connectivity index (χ0v) is 10.6. The van der Waals surface area contributed by atoms with Gasteiger partial charge in [-0.1, -0.05) is 6.92 Å². The van der Waals surface area contributed by atoms with Gasteiger partial charge in [0.25, 0.3) is 5.91 Å². The number of carbonyl (C=O) groups is 2. The zero-order valence-electron chi connectivity index (χ0n) is 10.6. The average Bonchev–Trinajstić information content (AvgIpc) is 2.28. The summed E-state index contributed by atoms with van der Waals surface area (Å²) >= 11 is 0. The lowest BCUT2D eigenvalue weighted by molar-refractivity contribution is 0.0695. The second-order valence-corrected chi connectivity index (χ2v) is 4.69. The molecule has 4 nitrogen and oxygen atoms in total. The highest BCUT2D eigenvalue weighted by atomic mass is 19.1. The van der Waals surface area contributed by atoms with E-state index in [2.05, 4.69) is 5.32 Å². The Morgan fingerprint density at radius 2 is 2.00 bits per heavy atom. The van der Waals surface area contributed by atoms with Crippen LogP contribution in [0.1, 0.15) is 47.9 Å². The average molecular weight is 253 g/mol. The molecule has 0 saturated heterocycles. The van der Waals surface area contributed by atoms with Crippen molar-refractivity contribution in [3.63, 3.8) is 0 Å². The van der Waals surface area contributed by atoms with Gasteiger partial charge in [0.05, 0.1) is 11.1 Å². The van der Waals surface area contributed by atoms with E-state index in [4.69, 9.17) is 5.11 Å². The Hall–Kier alpha value is -1.91. The SMILES string of the molecule is CCC(C)(C)NC(=O)c1ccc(C(=O)O)cc1F. The number of hydrogen-bond acceptors (Lipinski definition) is 2. The first-order valence-corrected chi connectivity index (χ1v) is 5.62. The highest BCUT2D eigenvalue weighted by Gasteiger charge is 2.21. The third-order valence-corrected chi connectivity index (χ3v) is 2.80. The summed E-state index contributed by atoms with van der Waals surface area (Å²) in [6.45, 7) is 5.56. The topological polar surface area (TPSA) is 66.4 Å². The number of halogens is 1. The molecule has 98 valence electrons. The van der Waals surface area contributed by atoms with E-state index in [0.717, 1.165) is 6.07 Å². The minimum atomic E-state index is -1.23. The van der Waals surface area contributed by atoms with Gasteiger partial charge in [-0.2, -0.15) is 0 Å². The minimum Gasteiger partial charge on any atom is -0.478 e. The number of aromatic carboxylic acids is 1. The Morgan fingerprint density at radius 1 is 1.39 bits per heavy atom. The van der Waals surface area contributed by atoms with Crippen LogP contribution in [0.3, 0.4) is 0 Å². The maximum atomic E-state index is 13.6. The molecule has 1 aromatic rings. The van der Waals surface area contributed by atoms with E-state index in [0.29, 0.717) is 6.42 Å². The summed E-state index contributed by atoms with van der Waals surface area (Å²) in [6.07, 6.45) is 0.702. The molecule has 0 bridgehead atoms. The van der Waals surface area contributed by atoms with Crippen molar-refractivity contribution >= 4 is 11.9 Å². The molecule has 18 heavy (non-hydrogen) atoms. The monoisotopic (exact) mass is 253 g/mol. The Balaban J connectivity index is 2.97. The molecule has 0 saturated carbocycles. The summed E-state index contributed by atoms with van der Waals surface area (Å²) < 4.78 is 13.6. The number of carbonyl (C=O) groups excluding carboxylic acids is 1. The van der Waals surface area contributed by atoms with Gasteiger partial charge in [-0.3, -0.25) is 4.79 Å². The molecule has 1 rings (SSSR count). The molecule has 1 amide bonds. The smallest absolute Gasteiger partial charge is 0.335 e. The van der Waals surface area contributed by atoms with E-state index >= 15 is 0 Å². The summed E-state index contributed by atoms with van der Waals surface area (Å²) in [6, 6.07) is 3.23. The van der Waals surface area contributed by atoms with Gasteiger partial charge in [-0.05, 0) is 38.5 Å². The van der Waals surface area contributed by atoms with E-state index < -0.39 is 23.2 Å². The van der Waals surface area contributed by atoms with E-state index in [1.807, 2.05) is 20.8 Å². The predicted octanol–water partition coefficient (Wildman–Crippen LogP) is 2.44. The molecule has 0 aromatic heterocycles. The fourth-order valence-electron chi connectivity index (χ4n) is 1.30. The quantitative estimate of drug-likeness (QED) is 0.866. The van der Waals surface area contributed by atoms with Gasteiger partial charge in [0, 0.05) is 5.54 Å². The van der Waals surface area contributed by atoms with Crippen LogP contribution in [-0.2, 0) is 0 Å². The van der Waals surface area contributed by atoms with Gasteiger partial charge in [0.15, 0.2) is 0 Å². The lowest BCUT2D eigenvalue weighted by Crippen LogP contribution is -2.43. The summed E-state index contributed by atoms with van der Waals surface area (Å²) in [5.41, 5.74) is -0.769. The van der Waals surface area contributed by atoms with Gasteiger partial charge < -0.3 is 10.4 Å². The van der Waals surface area contributed by atoms with Crippen molar-refractivity contribution in [1.29, 1.82) is 0 Å². The van der Waals surface area contributed by atoms with Crippen molar-refractivity contribution in [2.24, 2.45) is 0 Å². The van der Waals surface area contributed by atoms with Gasteiger partial charge in [-0.15, -0.1) is 0 Å². The predicted molar refractivity (Wildman–Crippen MR) is 65.2 cm³/mol. The van der Waals surface area contributed by atoms with Gasteiger partial charge in [0.2, 0.25) is 0 Å². The van der Waals surface area contributed by atoms with Crippen molar-refractivity contribution in [2.45, 2.75) is 32.7 Å². The highest BCUT2D eigenvalue weighted by Crippen LogP contribution is 2.13. The van der Waals surface area contributed by atoms with Crippen LogP contribution in [-0.4, -0.2) is 22.5 Å². The van der Waals surface area contributed by atoms with Crippen LogP contribution in [0.25, 0.3) is 0 Å². The molecular weight excluding hydrogens is 237 g/mol. The highest BCUT2D eigenvalue weighted by molar-refractivity contribution is 5.96. The summed E-state index contributed by atoms with van der Waals surface area (Å²) in [5, 5.41) is 11.4. The molecule has 0 atom stereocenters. The van der Waals surface area contributed by atoms with Crippen LogP contribution < -0.4 is 5.32 Å². The van der Waals surface area contributed by atoms with Crippen molar-refractivity contribution in [1.82, 2.24) is 5.32 Å². The first-order chi connectivity index (χ1) is 8.26.